The first-order valence-electron chi connectivity index (χ1n) is 4.81. The van der Waals surface area contributed by atoms with Gasteiger partial charge in [0.25, 0.3) is 0 Å². The summed E-state index contributed by atoms with van der Waals surface area (Å²) in [4.78, 5) is 15.8. The number of aromatic nitrogens is 1. The lowest BCUT2D eigenvalue weighted by Crippen LogP contribution is -2.40. The first kappa shape index (κ1) is 12.7. The number of nitriles is 2. The lowest BCUT2D eigenvalue weighted by Gasteiger charge is -2.24. The van der Waals surface area contributed by atoms with Gasteiger partial charge in [0, 0.05) is 6.92 Å². The van der Waals surface area contributed by atoms with Crippen LogP contribution in [0.25, 0.3) is 0 Å². The number of aryl methyl sites for hydroxylation is 1. The fourth-order valence-electron chi connectivity index (χ4n) is 1.47. The van der Waals surface area contributed by atoms with Gasteiger partial charge in [-0.2, -0.15) is 10.5 Å². The molecule has 1 rings (SSSR count). The standard InChI is InChI=1S/C11H11N3O3/c1-7-14-9(6-17-7)11(2,10(15)16-3)8(4-12)5-13/h6,8H,1-3H3/t11-/m1/s1. The summed E-state index contributed by atoms with van der Waals surface area (Å²) in [5, 5.41) is 17.9. The van der Waals surface area contributed by atoms with Gasteiger partial charge >= 0.3 is 5.97 Å². The van der Waals surface area contributed by atoms with E-state index in [9.17, 15) is 4.79 Å². The molecule has 1 atom stereocenters. The smallest absolute Gasteiger partial charge is 0.320 e. The Labute approximate surface area is 98.4 Å². The highest BCUT2D eigenvalue weighted by molar-refractivity contribution is 5.83. The van der Waals surface area contributed by atoms with E-state index in [-0.39, 0.29) is 5.69 Å². The van der Waals surface area contributed by atoms with Gasteiger partial charge < -0.3 is 9.15 Å². The first-order valence-corrected chi connectivity index (χ1v) is 4.81. The highest BCUT2D eigenvalue weighted by atomic mass is 16.5. The molecule has 0 saturated carbocycles. The van der Waals surface area contributed by atoms with E-state index < -0.39 is 17.3 Å². The third-order valence-corrected chi connectivity index (χ3v) is 2.60. The number of rotatable bonds is 3. The van der Waals surface area contributed by atoms with Crippen molar-refractivity contribution in [2.75, 3.05) is 7.11 Å². The Hall–Kier alpha value is -2.34. The Morgan fingerprint density at radius 1 is 1.59 bits per heavy atom. The van der Waals surface area contributed by atoms with E-state index in [0.717, 1.165) is 0 Å². The lowest BCUT2D eigenvalue weighted by atomic mass is 9.76. The van der Waals surface area contributed by atoms with Gasteiger partial charge in [-0.15, -0.1) is 0 Å². The number of nitrogens with zero attached hydrogens (tertiary/aromatic N) is 3. The van der Waals surface area contributed by atoms with Crippen LogP contribution in [0.1, 0.15) is 18.5 Å². The third kappa shape index (κ3) is 1.98. The third-order valence-electron chi connectivity index (χ3n) is 2.60. The van der Waals surface area contributed by atoms with Crippen molar-refractivity contribution in [3.63, 3.8) is 0 Å². The maximum absolute atomic E-state index is 11.8. The van der Waals surface area contributed by atoms with Gasteiger partial charge in [-0.05, 0) is 6.92 Å². The molecule has 88 valence electrons. The average Bonchev–Trinajstić information content (AvgIpc) is 2.76. The minimum absolute atomic E-state index is 0.218. The molecule has 0 aliphatic heterocycles. The van der Waals surface area contributed by atoms with Gasteiger partial charge in [-0.1, -0.05) is 0 Å². The number of esters is 1. The molecule has 0 N–H and O–H groups in total. The van der Waals surface area contributed by atoms with Crippen LogP contribution in [-0.4, -0.2) is 18.1 Å². The molecule has 0 aliphatic rings. The van der Waals surface area contributed by atoms with Crippen molar-refractivity contribution in [3.8, 4) is 12.1 Å². The molecule has 0 fully saturated rings. The second-order valence-corrected chi connectivity index (χ2v) is 3.64. The van der Waals surface area contributed by atoms with Crippen LogP contribution < -0.4 is 0 Å². The molecule has 6 heteroatoms. The molecule has 1 aromatic rings. The van der Waals surface area contributed by atoms with Crippen molar-refractivity contribution in [1.29, 1.82) is 10.5 Å². The van der Waals surface area contributed by atoms with Crippen molar-refractivity contribution in [3.05, 3.63) is 17.8 Å². The summed E-state index contributed by atoms with van der Waals surface area (Å²) in [5.41, 5.74) is -1.23. The van der Waals surface area contributed by atoms with Crippen molar-refractivity contribution in [1.82, 2.24) is 4.98 Å². The van der Waals surface area contributed by atoms with Gasteiger partial charge in [-0.25, -0.2) is 4.98 Å². The van der Waals surface area contributed by atoms with Crippen LogP contribution in [0.2, 0.25) is 0 Å². The zero-order valence-electron chi connectivity index (χ0n) is 9.72. The van der Waals surface area contributed by atoms with Crippen LogP contribution in [0.15, 0.2) is 10.7 Å². The van der Waals surface area contributed by atoms with E-state index in [1.54, 1.807) is 19.1 Å². The van der Waals surface area contributed by atoms with Gasteiger partial charge in [-0.3, -0.25) is 4.79 Å². The Kier molecular flexibility index (Phi) is 3.49. The minimum Gasteiger partial charge on any atom is -0.468 e. The van der Waals surface area contributed by atoms with Crippen LogP contribution in [0.3, 0.4) is 0 Å². The van der Waals surface area contributed by atoms with E-state index in [1.807, 2.05) is 0 Å². The van der Waals surface area contributed by atoms with E-state index in [4.69, 9.17) is 14.9 Å². The predicted molar refractivity (Wildman–Crippen MR) is 55.3 cm³/mol. The summed E-state index contributed by atoms with van der Waals surface area (Å²) in [6.07, 6.45) is 1.26. The normalized spacial score (nSPS) is 13.5. The van der Waals surface area contributed by atoms with Gasteiger partial charge in [0.15, 0.2) is 11.8 Å². The lowest BCUT2D eigenvalue weighted by molar-refractivity contribution is -0.147. The number of ether oxygens (including phenoxy) is 1. The van der Waals surface area contributed by atoms with Crippen LogP contribution in [0.5, 0.6) is 0 Å². The maximum atomic E-state index is 11.8. The van der Waals surface area contributed by atoms with Crippen molar-refractivity contribution in [2.45, 2.75) is 19.3 Å². The average molecular weight is 233 g/mol. The van der Waals surface area contributed by atoms with Gasteiger partial charge in [0.05, 0.1) is 24.9 Å². The molecule has 0 spiro atoms. The maximum Gasteiger partial charge on any atom is 0.320 e. The van der Waals surface area contributed by atoms with Crippen molar-refractivity contribution in [2.24, 2.45) is 5.92 Å². The van der Waals surface area contributed by atoms with E-state index in [2.05, 4.69) is 9.72 Å². The Morgan fingerprint density at radius 3 is 2.53 bits per heavy atom. The fraction of sp³-hybridized carbons (Fsp3) is 0.455. The zero-order valence-corrected chi connectivity index (χ0v) is 9.72. The van der Waals surface area contributed by atoms with Crippen LogP contribution >= 0.6 is 0 Å². The molecule has 1 heterocycles. The SMILES string of the molecule is COC(=O)[C@@](C)(c1coc(C)n1)C(C#N)C#N. The highest BCUT2D eigenvalue weighted by Gasteiger charge is 2.47. The Balaban J connectivity index is 3.36. The van der Waals surface area contributed by atoms with Gasteiger partial charge in [0.2, 0.25) is 0 Å². The summed E-state index contributed by atoms with van der Waals surface area (Å²) in [5.74, 6) is -1.54. The Bertz CT molecular complexity index is 495. The molecule has 1 aromatic heterocycles. The van der Waals surface area contributed by atoms with Crippen LogP contribution in [0.4, 0.5) is 0 Å². The van der Waals surface area contributed by atoms with E-state index >= 15 is 0 Å². The summed E-state index contributed by atoms with van der Waals surface area (Å²) >= 11 is 0. The molecule has 6 nitrogen and oxygen atoms in total. The number of carbonyl (C=O) groups is 1. The van der Waals surface area contributed by atoms with E-state index in [0.29, 0.717) is 5.89 Å². The second-order valence-electron chi connectivity index (χ2n) is 3.64. The largest absolute Gasteiger partial charge is 0.468 e. The zero-order chi connectivity index (χ0) is 13.1. The number of hydrogen-bond acceptors (Lipinski definition) is 6. The van der Waals surface area contributed by atoms with Crippen LogP contribution in [0, 0.1) is 35.5 Å². The molecule has 0 aliphatic carbocycles. The number of carbonyl (C=O) groups excluding carboxylic acids is 1. The van der Waals surface area contributed by atoms with Gasteiger partial charge in [0.1, 0.15) is 11.7 Å². The van der Waals surface area contributed by atoms with E-state index in [1.165, 1.54) is 20.3 Å². The molecule has 17 heavy (non-hydrogen) atoms. The second kappa shape index (κ2) is 4.67. The van der Waals surface area contributed by atoms with Crippen LogP contribution in [-0.2, 0) is 14.9 Å². The molecule has 0 aromatic carbocycles. The minimum atomic E-state index is -1.45. The summed E-state index contributed by atoms with van der Waals surface area (Å²) in [6.45, 7) is 3.04. The molecule has 0 amide bonds. The topological polar surface area (TPSA) is 99.9 Å². The molecule has 0 bridgehead atoms. The predicted octanol–water partition coefficient (Wildman–Crippen LogP) is 1.08. The number of methoxy groups -OCH3 is 1. The summed E-state index contributed by atoms with van der Waals surface area (Å²) < 4.78 is 9.65. The molecule has 0 radical (unpaired) electrons. The molecule has 0 saturated heterocycles. The fourth-order valence-corrected chi connectivity index (χ4v) is 1.47. The highest BCUT2D eigenvalue weighted by Crippen LogP contribution is 2.32. The molecular weight excluding hydrogens is 222 g/mol. The summed E-state index contributed by atoms with van der Waals surface area (Å²) in [6, 6.07) is 3.54. The molecule has 0 unspecified atom stereocenters. The number of oxazole rings is 1. The monoisotopic (exact) mass is 233 g/mol. The molecular formula is C11H11N3O3. The Morgan fingerprint density at radius 2 is 2.18 bits per heavy atom. The van der Waals surface area contributed by atoms with Crippen molar-refractivity contribution < 1.29 is 13.9 Å². The quantitative estimate of drug-likeness (QED) is 0.724. The first-order chi connectivity index (χ1) is 8.00. The summed E-state index contributed by atoms with van der Waals surface area (Å²) in [7, 11) is 1.19. The van der Waals surface area contributed by atoms with Crippen molar-refractivity contribution >= 4 is 5.97 Å². The number of hydrogen-bond donors (Lipinski definition) is 0.